The molecule has 0 aliphatic heterocycles. The SMILES string of the molecule is CN(CCC(N)c1ccccc1F)CC1CC1. The van der Waals surface area contributed by atoms with Crippen LogP contribution in [0, 0.1) is 11.7 Å². The van der Waals surface area contributed by atoms with Crippen molar-refractivity contribution in [1.29, 1.82) is 0 Å². The minimum absolute atomic E-state index is 0.190. The molecule has 0 spiro atoms. The van der Waals surface area contributed by atoms with Gasteiger partial charge in [-0.15, -0.1) is 0 Å². The summed E-state index contributed by atoms with van der Waals surface area (Å²) in [4.78, 5) is 2.30. The number of nitrogens with zero attached hydrogens (tertiary/aromatic N) is 1. The number of hydrogen-bond donors (Lipinski definition) is 1. The van der Waals surface area contributed by atoms with Crippen molar-refractivity contribution in [2.24, 2.45) is 11.7 Å². The van der Waals surface area contributed by atoms with Crippen LogP contribution in [0.2, 0.25) is 0 Å². The van der Waals surface area contributed by atoms with Gasteiger partial charge in [0.05, 0.1) is 0 Å². The Bertz CT molecular complexity index is 363. The Hall–Kier alpha value is -0.930. The summed E-state index contributed by atoms with van der Waals surface area (Å²) >= 11 is 0. The van der Waals surface area contributed by atoms with Crippen molar-refractivity contribution >= 4 is 0 Å². The first kappa shape index (κ1) is 12.5. The minimum Gasteiger partial charge on any atom is -0.324 e. The van der Waals surface area contributed by atoms with E-state index in [0.717, 1.165) is 25.4 Å². The van der Waals surface area contributed by atoms with Crippen molar-refractivity contribution in [2.45, 2.75) is 25.3 Å². The van der Waals surface area contributed by atoms with Crippen LogP contribution in [0.1, 0.15) is 30.9 Å². The van der Waals surface area contributed by atoms with Gasteiger partial charge in [0.25, 0.3) is 0 Å². The molecule has 0 aromatic heterocycles. The van der Waals surface area contributed by atoms with E-state index in [0.29, 0.717) is 5.56 Å². The largest absolute Gasteiger partial charge is 0.324 e. The summed E-state index contributed by atoms with van der Waals surface area (Å²) in [6.07, 6.45) is 3.54. The molecule has 3 heteroatoms. The molecule has 2 rings (SSSR count). The maximum atomic E-state index is 13.5. The number of benzene rings is 1. The Morgan fingerprint density at radius 2 is 2.12 bits per heavy atom. The van der Waals surface area contributed by atoms with E-state index in [9.17, 15) is 4.39 Å². The zero-order valence-electron chi connectivity index (χ0n) is 10.4. The summed E-state index contributed by atoms with van der Waals surface area (Å²) in [6.45, 7) is 2.09. The maximum Gasteiger partial charge on any atom is 0.127 e. The molecular formula is C14H21FN2. The molecule has 0 amide bonds. The second-order valence-electron chi connectivity index (χ2n) is 5.12. The van der Waals surface area contributed by atoms with Gasteiger partial charge in [-0.05, 0) is 44.8 Å². The lowest BCUT2D eigenvalue weighted by atomic mass is 10.0. The molecule has 94 valence electrons. The molecule has 1 aliphatic carbocycles. The molecule has 1 aromatic carbocycles. The lowest BCUT2D eigenvalue weighted by molar-refractivity contribution is 0.305. The highest BCUT2D eigenvalue weighted by atomic mass is 19.1. The van der Waals surface area contributed by atoms with Gasteiger partial charge in [0, 0.05) is 18.2 Å². The monoisotopic (exact) mass is 236 g/mol. The molecule has 1 atom stereocenters. The second kappa shape index (κ2) is 5.61. The topological polar surface area (TPSA) is 29.3 Å². The molecule has 0 bridgehead atoms. The molecule has 1 fully saturated rings. The Morgan fingerprint density at radius 3 is 2.76 bits per heavy atom. The number of halogens is 1. The molecule has 1 saturated carbocycles. The predicted molar refractivity (Wildman–Crippen MR) is 68.2 cm³/mol. The van der Waals surface area contributed by atoms with Crippen LogP contribution in [-0.4, -0.2) is 25.0 Å². The van der Waals surface area contributed by atoms with E-state index in [-0.39, 0.29) is 11.9 Å². The minimum atomic E-state index is -0.196. The van der Waals surface area contributed by atoms with E-state index in [1.807, 2.05) is 6.07 Å². The molecule has 0 saturated heterocycles. The van der Waals surface area contributed by atoms with Gasteiger partial charge in [0.15, 0.2) is 0 Å². The van der Waals surface area contributed by atoms with Gasteiger partial charge in [-0.25, -0.2) is 4.39 Å². The van der Waals surface area contributed by atoms with Gasteiger partial charge < -0.3 is 10.6 Å². The average Bonchev–Trinajstić information content (AvgIpc) is 3.10. The van der Waals surface area contributed by atoms with Crippen LogP contribution in [-0.2, 0) is 0 Å². The first-order valence-corrected chi connectivity index (χ1v) is 6.35. The first-order valence-electron chi connectivity index (χ1n) is 6.35. The van der Waals surface area contributed by atoms with Crippen LogP contribution in [0.3, 0.4) is 0 Å². The fraction of sp³-hybridized carbons (Fsp3) is 0.571. The number of nitrogens with two attached hydrogens (primary N) is 1. The molecule has 2 N–H and O–H groups in total. The van der Waals surface area contributed by atoms with Crippen LogP contribution in [0.5, 0.6) is 0 Å². The quantitative estimate of drug-likeness (QED) is 0.822. The molecule has 1 aliphatic rings. The average molecular weight is 236 g/mol. The molecule has 0 radical (unpaired) electrons. The van der Waals surface area contributed by atoms with Crippen molar-refractivity contribution in [2.75, 3.05) is 20.1 Å². The first-order chi connectivity index (χ1) is 8.16. The van der Waals surface area contributed by atoms with E-state index in [1.54, 1.807) is 12.1 Å². The number of rotatable bonds is 6. The van der Waals surface area contributed by atoms with Crippen LogP contribution >= 0.6 is 0 Å². The Labute approximate surface area is 103 Å². The highest BCUT2D eigenvalue weighted by Gasteiger charge is 2.22. The van der Waals surface area contributed by atoms with Crippen molar-refractivity contribution in [1.82, 2.24) is 4.90 Å². The van der Waals surface area contributed by atoms with E-state index >= 15 is 0 Å². The van der Waals surface area contributed by atoms with Crippen molar-refractivity contribution in [3.05, 3.63) is 35.6 Å². The van der Waals surface area contributed by atoms with E-state index in [1.165, 1.54) is 18.9 Å². The number of hydrogen-bond acceptors (Lipinski definition) is 2. The predicted octanol–water partition coefficient (Wildman–Crippen LogP) is 2.56. The zero-order valence-corrected chi connectivity index (χ0v) is 10.4. The van der Waals surface area contributed by atoms with Gasteiger partial charge in [0.1, 0.15) is 5.82 Å². The van der Waals surface area contributed by atoms with Crippen molar-refractivity contribution in [3.63, 3.8) is 0 Å². The summed E-state index contributed by atoms with van der Waals surface area (Å²) in [6, 6.07) is 6.60. The van der Waals surface area contributed by atoms with Gasteiger partial charge in [-0.1, -0.05) is 18.2 Å². The fourth-order valence-electron chi connectivity index (χ4n) is 2.12. The van der Waals surface area contributed by atoms with Crippen LogP contribution < -0.4 is 5.73 Å². The van der Waals surface area contributed by atoms with Crippen LogP contribution in [0.4, 0.5) is 4.39 Å². The van der Waals surface area contributed by atoms with Gasteiger partial charge >= 0.3 is 0 Å². The molecule has 0 heterocycles. The highest BCUT2D eigenvalue weighted by molar-refractivity contribution is 5.20. The van der Waals surface area contributed by atoms with Gasteiger partial charge in [-0.2, -0.15) is 0 Å². The maximum absolute atomic E-state index is 13.5. The van der Waals surface area contributed by atoms with E-state index in [2.05, 4.69) is 11.9 Å². The molecule has 17 heavy (non-hydrogen) atoms. The standard InChI is InChI=1S/C14H21FN2/c1-17(10-11-6-7-11)9-8-14(16)12-4-2-3-5-13(12)15/h2-5,11,14H,6-10,16H2,1H3. The summed E-state index contributed by atoms with van der Waals surface area (Å²) < 4.78 is 13.5. The summed E-state index contributed by atoms with van der Waals surface area (Å²) in [5, 5.41) is 0. The highest BCUT2D eigenvalue weighted by Crippen LogP contribution is 2.29. The van der Waals surface area contributed by atoms with Crippen LogP contribution in [0.15, 0.2) is 24.3 Å². The van der Waals surface area contributed by atoms with Crippen molar-refractivity contribution in [3.8, 4) is 0 Å². The van der Waals surface area contributed by atoms with Gasteiger partial charge in [0.2, 0.25) is 0 Å². The Balaban J connectivity index is 1.80. The third kappa shape index (κ3) is 3.79. The second-order valence-corrected chi connectivity index (χ2v) is 5.12. The Kier molecular flexibility index (Phi) is 4.13. The van der Waals surface area contributed by atoms with Gasteiger partial charge in [-0.3, -0.25) is 0 Å². The summed E-state index contributed by atoms with van der Waals surface area (Å²) in [7, 11) is 2.12. The zero-order chi connectivity index (χ0) is 12.3. The lowest BCUT2D eigenvalue weighted by Crippen LogP contribution is -2.25. The third-order valence-corrected chi connectivity index (χ3v) is 3.39. The fourth-order valence-corrected chi connectivity index (χ4v) is 2.12. The van der Waals surface area contributed by atoms with Crippen molar-refractivity contribution < 1.29 is 4.39 Å². The summed E-state index contributed by atoms with van der Waals surface area (Å²) in [5.41, 5.74) is 6.66. The molecular weight excluding hydrogens is 215 g/mol. The van der Waals surface area contributed by atoms with E-state index < -0.39 is 0 Å². The smallest absolute Gasteiger partial charge is 0.127 e. The normalized spacial score (nSPS) is 17.4. The molecule has 1 unspecified atom stereocenters. The summed E-state index contributed by atoms with van der Waals surface area (Å²) in [5.74, 6) is 0.703. The van der Waals surface area contributed by atoms with Crippen LogP contribution in [0.25, 0.3) is 0 Å². The lowest BCUT2D eigenvalue weighted by Gasteiger charge is -2.19. The third-order valence-electron chi connectivity index (χ3n) is 3.39. The van der Waals surface area contributed by atoms with E-state index in [4.69, 9.17) is 5.73 Å². The molecule has 1 aromatic rings. The Morgan fingerprint density at radius 1 is 1.41 bits per heavy atom. The molecule has 2 nitrogen and oxygen atoms in total.